The summed E-state index contributed by atoms with van der Waals surface area (Å²) in [7, 11) is 0. The molecular weight excluding hydrogens is 536 g/mol. The second-order valence-electron chi connectivity index (χ2n) is 14.7. The van der Waals surface area contributed by atoms with E-state index in [0.29, 0.717) is 18.3 Å². The van der Waals surface area contributed by atoms with Crippen molar-refractivity contribution in [1.29, 1.82) is 0 Å². The predicted molar refractivity (Wildman–Crippen MR) is 154 cm³/mol. The van der Waals surface area contributed by atoms with Gasteiger partial charge in [0.25, 0.3) is 0 Å². The molecule has 0 aromatic rings. The minimum absolute atomic E-state index is 0.0263. The highest BCUT2D eigenvalue weighted by atomic mass is 16.6. The van der Waals surface area contributed by atoms with Gasteiger partial charge in [0.1, 0.15) is 6.10 Å². The van der Waals surface area contributed by atoms with Crippen molar-refractivity contribution in [3.05, 3.63) is 24.3 Å². The lowest BCUT2D eigenvalue weighted by Gasteiger charge is -2.61. The molecule has 5 rings (SSSR count). The number of carbonyl (C=O) groups excluding carboxylic acids is 4. The van der Waals surface area contributed by atoms with Crippen molar-refractivity contribution in [2.75, 3.05) is 0 Å². The number of allylic oxidation sites excluding steroid dienone is 2. The van der Waals surface area contributed by atoms with Crippen molar-refractivity contribution >= 4 is 29.5 Å². The van der Waals surface area contributed by atoms with E-state index in [1.807, 2.05) is 13.0 Å². The van der Waals surface area contributed by atoms with Crippen molar-refractivity contribution in [3.63, 3.8) is 0 Å². The molecule has 42 heavy (non-hydrogen) atoms. The molecule has 5 aliphatic carbocycles. The Bertz CT molecular complexity index is 1280. The van der Waals surface area contributed by atoms with Gasteiger partial charge in [0.15, 0.2) is 17.7 Å². The lowest BCUT2D eigenvalue weighted by atomic mass is 9.43. The Morgan fingerprint density at radius 3 is 2.31 bits per heavy atom. The molecule has 12 atom stereocenters. The van der Waals surface area contributed by atoms with Gasteiger partial charge >= 0.3 is 17.9 Å². The van der Waals surface area contributed by atoms with Crippen LogP contribution in [0.1, 0.15) is 87.0 Å². The van der Waals surface area contributed by atoms with Crippen molar-refractivity contribution in [3.8, 4) is 0 Å². The topological polar surface area (TPSA) is 124 Å². The Kier molecular flexibility index (Phi) is 7.22. The van der Waals surface area contributed by atoms with Gasteiger partial charge in [-0.3, -0.25) is 24.0 Å². The second kappa shape index (κ2) is 9.88. The summed E-state index contributed by atoms with van der Waals surface area (Å²) in [4.78, 5) is 62.7. The van der Waals surface area contributed by atoms with Crippen molar-refractivity contribution in [2.45, 2.75) is 99.2 Å². The van der Waals surface area contributed by atoms with Gasteiger partial charge in [-0.25, -0.2) is 0 Å². The lowest BCUT2D eigenvalue weighted by Crippen LogP contribution is -2.56. The summed E-state index contributed by atoms with van der Waals surface area (Å²) in [5.41, 5.74) is -0.562. The van der Waals surface area contributed by atoms with Gasteiger partial charge < -0.3 is 14.6 Å². The minimum atomic E-state index is -1.24. The molecule has 0 amide bonds. The average molecular weight is 583 g/mol. The highest BCUT2D eigenvalue weighted by Gasteiger charge is 2.81. The summed E-state index contributed by atoms with van der Waals surface area (Å²) in [6, 6.07) is 0. The smallest absolute Gasteiger partial charge is 0.310 e. The second-order valence-corrected chi connectivity index (χ2v) is 14.7. The van der Waals surface area contributed by atoms with Crippen molar-refractivity contribution in [2.24, 2.45) is 57.2 Å². The van der Waals surface area contributed by atoms with Crippen LogP contribution in [0.5, 0.6) is 0 Å². The number of hydrogen-bond donors (Lipinski definition) is 1. The largest absolute Gasteiger partial charge is 0.481 e. The maximum atomic E-state index is 13.7. The van der Waals surface area contributed by atoms with Crippen molar-refractivity contribution in [1.82, 2.24) is 0 Å². The molecule has 230 valence electrons. The molecule has 5 aliphatic rings. The molecule has 2 spiro atoms. The molecule has 4 unspecified atom stereocenters. The zero-order valence-corrected chi connectivity index (χ0v) is 26.0. The molecule has 4 saturated carbocycles. The number of carboxylic acids is 1. The minimum Gasteiger partial charge on any atom is -0.481 e. The first-order chi connectivity index (χ1) is 19.5. The quantitative estimate of drug-likeness (QED) is 0.301. The summed E-state index contributed by atoms with van der Waals surface area (Å²) in [6.07, 6.45) is 7.83. The highest BCUT2D eigenvalue weighted by molar-refractivity contribution is 6.03. The van der Waals surface area contributed by atoms with Crippen LogP contribution in [0.15, 0.2) is 24.3 Å². The summed E-state index contributed by atoms with van der Waals surface area (Å²) in [6.45, 7) is 16.3. The molecule has 0 aliphatic heterocycles. The van der Waals surface area contributed by atoms with E-state index in [1.54, 1.807) is 0 Å². The number of carbonyl (C=O) groups is 5. The van der Waals surface area contributed by atoms with E-state index in [2.05, 4.69) is 33.4 Å². The first-order valence-electron chi connectivity index (χ1n) is 15.5. The van der Waals surface area contributed by atoms with Gasteiger partial charge in [0.2, 0.25) is 0 Å². The van der Waals surface area contributed by atoms with Gasteiger partial charge in [-0.15, -0.1) is 0 Å². The summed E-state index contributed by atoms with van der Waals surface area (Å²) < 4.78 is 11.7. The van der Waals surface area contributed by atoms with Gasteiger partial charge in [-0.2, -0.15) is 0 Å². The van der Waals surface area contributed by atoms with Crippen LogP contribution in [0.4, 0.5) is 0 Å². The van der Waals surface area contributed by atoms with E-state index in [1.165, 1.54) is 20.8 Å². The molecule has 0 saturated heterocycles. The molecule has 0 aromatic carbocycles. The molecular formula is C34H46O8. The third-order valence-electron chi connectivity index (χ3n) is 13.2. The number of Topliss-reactive ketones (excluding diaryl/α,β-unsaturated/α-hetero) is 1. The zero-order valence-electron chi connectivity index (χ0n) is 26.0. The van der Waals surface area contributed by atoms with E-state index >= 15 is 0 Å². The Morgan fingerprint density at radius 2 is 1.71 bits per heavy atom. The van der Waals surface area contributed by atoms with Gasteiger partial charge in [0, 0.05) is 37.2 Å². The van der Waals surface area contributed by atoms with Crippen LogP contribution in [0.3, 0.4) is 0 Å². The fraction of sp³-hybridized carbons (Fsp3) is 0.735. The molecule has 8 nitrogen and oxygen atoms in total. The Labute approximate surface area is 248 Å². The number of esters is 2. The summed E-state index contributed by atoms with van der Waals surface area (Å²) in [5, 5.41) is 9.53. The molecule has 0 bridgehead atoms. The van der Waals surface area contributed by atoms with Crippen LogP contribution >= 0.6 is 0 Å². The molecule has 0 radical (unpaired) electrons. The maximum absolute atomic E-state index is 13.7. The Balaban J connectivity index is 1.54. The molecule has 8 heteroatoms. The highest BCUT2D eigenvalue weighted by Crippen LogP contribution is 2.87. The standard InChI is InChI=1S/C34H46O8/c1-17(18(2)30(39)40)28(38)29(42-22(6)36)20(4)27-25(41-21(5)35)15-32(8)26-10-9-23-19(3)24(37)11-12-33(23)16-34(26,33)14-13-31(27,32)7/h11-12,18-20,23,25-27,29H,1,9-10,13-16H2,2-8H3,(H,39,40)/t18?,19-,20?,23-,25-,26-,27-,29+,31+,32-,33?,34?/m0/s1. The van der Waals surface area contributed by atoms with Gasteiger partial charge in [0.05, 0.1) is 5.92 Å². The molecule has 0 aromatic heterocycles. The number of aliphatic carboxylic acids is 1. The molecule has 0 heterocycles. The lowest BCUT2D eigenvalue weighted by molar-refractivity contribution is -0.166. The normalized spacial score (nSPS) is 43.4. The Hall–Kier alpha value is -2.77. The summed E-state index contributed by atoms with van der Waals surface area (Å²) in [5.74, 6) is -3.86. The predicted octanol–water partition coefficient (Wildman–Crippen LogP) is 5.34. The van der Waals surface area contributed by atoms with Crippen LogP contribution in [-0.2, 0) is 33.4 Å². The molecule has 4 fully saturated rings. The summed E-state index contributed by atoms with van der Waals surface area (Å²) >= 11 is 0. The van der Waals surface area contributed by atoms with Crippen LogP contribution in [0.2, 0.25) is 0 Å². The zero-order chi connectivity index (χ0) is 31.2. The fourth-order valence-corrected chi connectivity index (χ4v) is 11.0. The van der Waals surface area contributed by atoms with Crippen molar-refractivity contribution < 1.29 is 38.6 Å². The van der Waals surface area contributed by atoms with Crippen LogP contribution in [0.25, 0.3) is 0 Å². The number of rotatable bonds is 8. The monoisotopic (exact) mass is 582 g/mol. The number of fused-ring (bicyclic) bond motifs is 2. The Morgan fingerprint density at radius 1 is 1.05 bits per heavy atom. The van der Waals surface area contributed by atoms with Gasteiger partial charge in [-0.05, 0) is 85.0 Å². The fourth-order valence-electron chi connectivity index (χ4n) is 11.0. The number of carboxylic acid groups (broad SMARTS) is 1. The van der Waals surface area contributed by atoms with E-state index < -0.39 is 47.7 Å². The van der Waals surface area contributed by atoms with Crippen LogP contribution in [0, 0.1) is 57.2 Å². The van der Waals surface area contributed by atoms with E-state index in [4.69, 9.17) is 9.47 Å². The number of hydrogen-bond acceptors (Lipinski definition) is 7. The van der Waals surface area contributed by atoms with E-state index in [9.17, 15) is 29.1 Å². The van der Waals surface area contributed by atoms with E-state index in [-0.39, 0.29) is 44.9 Å². The van der Waals surface area contributed by atoms with Crippen LogP contribution in [-0.4, -0.2) is 46.8 Å². The van der Waals surface area contributed by atoms with E-state index in [0.717, 1.165) is 32.1 Å². The number of ketones is 2. The molecule has 1 N–H and O–H groups in total. The first kappa shape index (κ1) is 30.7. The average Bonchev–Trinajstić information content (AvgIpc) is 3.52. The van der Waals surface area contributed by atoms with Gasteiger partial charge in [-0.1, -0.05) is 40.3 Å². The first-order valence-corrected chi connectivity index (χ1v) is 15.5. The third-order valence-corrected chi connectivity index (χ3v) is 13.2. The van der Waals surface area contributed by atoms with Crippen LogP contribution < -0.4 is 0 Å². The third kappa shape index (κ3) is 4.02. The maximum Gasteiger partial charge on any atom is 0.310 e. The number of ether oxygens (including phenoxy) is 2. The SMILES string of the molecule is C=C(C(=O)[C@H](OC(C)=O)C(C)[C@H]1[C@@H](OC(C)=O)C[C@@]2(C)[C@@H]3CC[C@H]4[C@H](C)C(=O)C=CC45CC35CC[C@]12C)C(C)C(=O)O.